The molecule has 0 atom stereocenters. The summed E-state index contributed by atoms with van der Waals surface area (Å²) in [6.45, 7) is 2.83. The number of amides is 1. The molecule has 0 aliphatic rings. The molecule has 2 aromatic rings. The Labute approximate surface area is 140 Å². The van der Waals surface area contributed by atoms with Gasteiger partial charge in [0.2, 0.25) is 5.91 Å². The number of carbonyl (C=O) groups excluding carboxylic acids is 1. The maximum atomic E-state index is 11.8. The number of hydrogen-bond donors (Lipinski definition) is 1. The summed E-state index contributed by atoms with van der Waals surface area (Å²) < 4.78 is 1.51. The van der Waals surface area contributed by atoms with E-state index in [2.05, 4.69) is 10.3 Å². The Morgan fingerprint density at radius 1 is 1.30 bits per heavy atom. The molecule has 1 amide bonds. The summed E-state index contributed by atoms with van der Waals surface area (Å²) in [6.07, 6.45) is 2.74. The maximum Gasteiger partial charge on any atom is 0.253 e. The average molecular weight is 331 g/mol. The average Bonchev–Trinajstić information content (AvgIpc) is 2.57. The van der Waals surface area contributed by atoms with Gasteiger partial charge in [0.15, 0.2) is 0 Å². The molecule has 0 unspecified atom stereocenters. The first kappa shape index (κ1) is 17.3. The third-order valence-electron chi connectivity index (χ3n) is 3.31. The molecular weight excluding hydrogens is 310 g/mol. The third-order valence-corrected chi connectivity index (χ3v) is 4.33. The number of thioether (sulfide) groups is 1. The first-order chi connectivity index (χ1) is 11.2. The molecule has 0 spiro atoms. The lowest BCUT2D eigenvalue weighted by molar-refractivity contribution is -0.120. The van der Waals surface area contributed by atoms with Gasteiger partial charge in [-0.05, 0) is 18.6 Å². The molecule has 0 saturated carbocycles. The normalized spacial score (nSPS) is 10.5. The minimum Gasteiger partial charge on any atom is -0.354 e. The molecule has 23 heavy (non-hydrogen) atoms. The number of hydrogen-bond acceptors (Lipinski definition) is 4. The van der Waals surface area contributed by atoms with Crippen molar-refractivity contribution in [2.75, 3.05) is 12.3 Å². The Morgan fingerprint density at radius 2 is 2.09 bits per heavy atom. The number of nitrogens with one attached hydrogen (secondary N) is 1. The highest BCUT2D eigenvalue weighted by Gasteiger charge is 2.03. The fraction of sp³-hybridized carbons (Fsp3) is 0.353. The van der Waals surface area contributed by atoms with Crippen LogP contribution in [0.2, 0.25) is 0 Å². The summed E-state index contributed by atoms with van der Waals surface area (Å²) in [6, 6.07) is 11.5. The quantitative estimate of drug-likeness (QED) is 0.753. The van der Waals surface area contributed by atoms with Crippen molar-refractivity contribution in [1.29, 1.82) is 0 Å². The van der Waals surface area contributed by atoms with Crippen molar-refractivity contribution in [3.63, 3.8) is 0 Å². The van der Waals surface area contributed by atoms with Gasteiger partial charge in [0, 0.05) is 41.9 Å². The molecule has 1 N–H and O–H groups in total. The Kier molecular flexibility index (Phi) is 6.87. The minimum absolute atomic E-state index is 0.000354. The Bertz CT molecular complexity index is 686. The molecule has 0 aliphatic carbocycles. The number of nitrogens with zero attached hydrogens (tertiary/aromatic N) is 2. The zero-order chi connectivity index (χ0) is 16.5. The van der Waals surface area contributed by atoms with Gasteiger partial charge in [0.1, 0.15) is 0 Å². The molecule has 0 radical (unpaired) electrons. The topological polar surface area (TPSA) is 64.0 Å². The summed E-state index contributed by atoms with van der Waals surface area (Å²) in [5.74, 6) is 0.738. The van der Waals surface area contributed by atoms with Crippen LogP contribution in [0.1, 0.15) is 19.0 Å². The van der Waals surface area contributed by atoms with Crippen molar-refractivity contribution in [1.82, 2.24) is 14.9 Å². The summed E-state index contributed by atoms with van der Waals surface area (Å²) in [4.78, 5) is 28.9. The molecule has 1 aromatic carbocycles. The van der Waals surface area contributed by atoms with Crippen LogP contribution in [-0.4, -0.2) is 27.8 Å². The van der Waals surface area contributed by atoms with Gasteiger partial charge >= 0.3 is 0 Å². The molecule has 0 bridgehead atoms. The highest BCUT2D eigenvalue weighted by atomic mass is 32.2. The molecule has 0 aliphatic heterocycles. The van der Waals surface area contributed by atoms with E-state index in [0.717, 1.165) is 22.8 Å². The number of carbonyl (C=O) groups is 1. The molecule has 2 rings (SSSR count). The summed E-state index contributed by atoms with van der Waals surface area (Å²) in [5.41, 5.74) is 0.707. The van der Waals surface area contributed by atoms with Crippen molar-refractivity contribution in [3.8, 4) is 0 Å². The molecule has 0 saturated heterocycles. The van der Waals surface area contributed by atoms with Crippen molar-refractivity contribution in [2.45, 2.75) is 31.2 Å². The molecule has 6 heteroatoms. The van der Waals surface area contributed by atoms with E-state index in [-0.39, 0.29) is 11.5 Å². The van der Waals surface area contributed by atoms with Crippen molar-refractivity contribution in [3.05, 3.63) is 58.8 Å². The number of rotatable bonds is 8. The van der Waals surface area contributed by atoms with Crippen LogP contribution in [-0.2, 0) is 17.8 Å². The van der Waals surface area contributed by atoms with E-state index in [4.69, 9.17) is 0 Å². The fourth-order valence-electron chi connectivity index (χ4n) is 2.01. The fourth-order valence-corrected chi connectivity index (χ4v) is 2.88. The van der Waals surface area contributed by atoms with Crippen molar-refractivity contribution >= 4 is 17.7 Å². The van der Waals surface area contributed by atoms with Crippen LogP contribution in [0.25, 0.3) is 0 Å². The van der Waals surface area contributed by atoms with Crippen LogP contribution in [0.4, 0.5) is 0 Å². The second kappa shape index (κ2) is 9.15. The SMILES string of the molecule is CCc1cc(=O)n(CCNC(=O)CCSc2ccccc2)cn1. The molecule has 0 fully saturated rings. The zero-order valence-corrected chi connectivity index (χ0v) is 14.0. The van der Waals surface area contributed by atoms with E-state index >= 15 is 0 Å². The Balaban J connectivity index is 1.67. The maximum absolute atomic E-state index is 11.8. The first-order valence-corrected chi connectivity index (χ1v) is 8.67. The largest absolute Gasteiger partial charge is 0.354 e. The van der Waals surface area contributed by atoms with Crippen LogP contribution in [0, 0.1) is 0 Å². The monoisotopic (exact) mass is 331 g/mol. The van der Waals surface area contributed by atoms with E-state index in [9.17, 15) is 9.59 Å². The van der Waals surface area contributed by atoms with Gasteiger partial charge in [-0.25, -0.2) is 4.98 Å². The lowest BCUT2D eigenvalue weighted by atomic mass is 10.3. The third kappa shape index (κ3) is 5.90. The standard InChI is InChI=1S/C17H21N3O2S/c1-2-14-12-17(22)20(13-19-14)10-9-18-16(21)8-11-23-15-6-4-3-5-7-15/h3-7,12-13H,2,8-11H2,1H3,(H,18,21). The second-order valence-electron chi connectivity index (χ2n) is 5.03. The summed E-state index contributed by atoms with van der Waals surface area (Å²) in [5, 5.41) is 2.83. The minimum atomic E-state index is -0.0780. The smallest absolute Gasteiger partial charge is 0.253 e. The number of aryl methyl sites for hydroxylation is 1. The highest BCUT2D eigenvalue weighted by Crippen LogP contribution is 2.17. The first-order valence-electron chi connectivity index (χ1n) is 7.69. The number of benzene rings is 1. The molecule has 5 nitrogen and oxygen atoms in total. The molecule has 1 heterocycles. The number of aromatic nitrogens is 2. The Morgan fingerprint density at radius 3 is 2.78 bits per heavy atom. The second-order valence-corrected chi connectivity index (χ2v) is 6.20. The molecule has 122 valence electrons. The molecule has 1 aromatic heterocycles. The van der Waals surface area contributed by atoms with Gasteiger partial charge < -0.3 is 5.32 Å². The van der Waals surface area contributed by atoms with Gasteiger partial charge in [0.05, 0.1) is 6.33 Å². The van der Waals surface area contributed by atoms with E-state index < -0.39 is 0 Å². The summed E-state index contributed by atoms with van der Waals surface area (Å²) in [7, 11) is 0. The van der Waals surface area contributed by atoms with Gasteiger partial charge in [0.25, 0.3) is 5.56 Å². The predicted octanol–water partition coefficient (Wildman–Crippen LogP) is 2.10. The van der Waals surface area contributed by atoms with Crippen LogP contribution in [0.3, 0.4) is 0 Å². The predicted molar refractivity (Wildman–Crippen MR) is 92.7 cm³/mol. The van der Waals surface area contributed by atoms with Gasteiger partial charge in [-0.1, -0.05) is 25.1 Å². The van der Waals surface area contributed by atoms with Crippen molar-refractivity contribution < 1.29 is 4.79 Å². The zero-order valence-electron chi connectivity index (χ0n) is 13.2. The van der Waals surface area contributed by atoms with Crippen LogP contribution >= 0.6 is 11.8 Å². The van der Waals surface area contributed by atoms with E-state index in [1.165, 1.54) is 4.57 Å². The molecular formula is C17H21N3O2S. The van der Waals surface area contributed by atoms with Gasteiger partial charge in [-0.15, -0.1) is 11.8 Å². The van der Waals surface area contributed by atoms with Crippen LogP contribution in [0.15, 0.2) is 52.4 Å². The van der Waals surface area contributed by atoms with Gasteiger partial charge in [-0.2, -0.15) is 0 Å². The summed E-state index contributed by atoms with van der Waals surface area (Å²) >= 11 is 1.66. The van der Waals surface area contributed by atoms with E-state index in [1.807, 2.05) is 37.3 Å². The van der Waals surface area contributed by atoms with Crippen LogP contribution in [0.5, 0.6) is 0 Å². The van der Waals surface area contributed by atoms with E-state index in [0.29, 0.717) is 19.5 Å². The lowest BCUT2D eigenvalue weighted by Gasteiger charge is -2.07. The Hall–Kier alpha value is -2.08. The highest BCUT2D eigenvalue weighted by molar-refractivity contribution is 7.99. The van der Waals surface area contributed by atoms with Crippen LogP contribution < -0.4 is 10.9 Å². The van der Waals surface area contributed by atoms with E-state index in [1.54, 1.807) is 24.2 Å². The van der Waals surface area contributed by atoms with Gasteiger partial charge in [-0.3, -0.25) is 14.2 Å². The van der Waals surface area contributed by atoms with Crippen molar-refractivity contribution in [2.24, 2.45) is 0 Å². The lowest BCUT2D eigenvalue weighted by Crippen LogP contribution is -2.31.